The van der Waals surface area contributed by atoms with Crippen molar-refractivity contribution in [3.63, 3.8) is 0 Å². The zero-order valence-electron chi connectivity index (χ0n) is 20.1. The average molecular weight is 468 g/mol. The summed E-state index contributed by atoms with van der Waals surface area (Å²) in [5, 5.41) is 11.5. The Morgan fingerprint density at radius 1 is 0.971 bits per heavy atom. The Labute approximate surface area is 205 Å². The molecule has 1 fully saturated rings. The van der Waals surface area contributed by atoms with Gasteiger partial charge in [0.2, 0.25) is 0 Å². The number of anilines is 1. The molecule has 2 aliphatic rings. The number of aliphatic hydroxyl groups excluding tert-OH is 1. The summed E-state index contributed by atoms with van der Waals surface area (Å²) < 4.78 is 5.70. The normalized spacial score (nSPS) is 19.0. The highest BCUT2D eigenvalue weighted by Crippen LogP contribution is 2.43. The standard InChI is InChI=1S/C30H29NO4/c1-3-35-25-13-7-11-22(18-25)27-26(28(32)23-15-14-20-9-4-5-10-21(20)17-23)29(33)30(34)31(27)24-12-6-8-19(2)16-24/h6-8,11-18,27,32H,3-5,9-10H2,1-2H3/b28-26-. The van der Waals surface area contributed by atoms with Gasteiger partial charge in [-0.15, -0.1) is 0 Å². The average Bonchev–Trinajstić information content (AvgIpc) is 3.14. The second kappa shape index (κ2) is 9.41. The van der Waals surface area contributed by atoms with Crippen molar-refractivity contribution in [1.82, 2.24) is 0 Å². The lowest BCUT2D eigenvalue weighted by molar-refractivity contribution is -0.132. The lowest BCUT2D eigenvalue weighted by Crippen LogP contribution is -2.29. The van der Waals surface area contributed by atoms with Crippen molar-refractivity contribution >= 4 is 23.1 Å². The molecule has 0 saturated carbocycles. The van der Waals surface area contributed by atoms with E-state index in [1.165, 1.54) is 16.0 Å². The number of ether oxygens (including phenoxy) is 1. The van der Waals surface area contributed by atoms with Crippen LogP contribution in [0.25, 0.3) is 5.76 Å². The summed E-state index contributed by atoms with van der Waals surface area (Å²) in [6, 6.07) is 20.0. The summed E-state index contributed by atoms with van der Waals surface area (Å²) in [4.78, 5) is 28.3. The smallest absolute Gasteiger partial charge is 0.300 e. The fourth-order valence-electron chi connectivity index (χ4n) is 5.17. The number of nitrogens with zero attached hydrogens (tertiary/aromatic N) is 1. The molecule has 1 aliphatic heterocycles. The quantitative estimate of drug-likeness (QED) is 0.288. The molecule has 1 saturated heterocycles. The zero-order valence-corrected chi connectivity index (χ0v) is 20.1. The molecule has 1 heterocycles. The predicted octanol–water partition coefficient (Wildman–Crippen LogP) is 5.90. The van der Waals surface area contributed by atoms with E-state index in [2.05, 4.69) is 0 Å². The largest absolute Gasteiger partial charge is 0.507 e. The van der Waals surface area contributed by atoms with Crippen LogP contribution in [0.2, 0.25) is 0 Å². The van der Waals surface area contributed by atoms with Gasteiger partial charge in [-0.1, -0.05) is 36.4 Å². The number of rotatable bonds is 5. The van der Waals surface area contributed by atoms with Gasteiger partial charge in [-0.25, -0.2) is 0 Å². The molecule has 1 N–H and O–H groups in total. The molecule has 3 aromatic carbocycles. The molecule has 5 nitrogen and oxygen atoms in total. The highest BCUT2D eigenvalue weighted by atomic mass is 16.5. The first-order valence-corrected chi connectivity index (χ1v) is 12.2. The molecule has 5 heteroatoms. The molecule has 5 rings (SSSR count). The van der Waals surface area contributed by atoms with Crippen LogP contribution in [0, 0.1) is 6.92 Å². The second-order valence-electron chi connectivity index (χ2n) is 9.20. The zero-order chi connectivity index (χ0) is 24.5. The number of amides is 1. The second-order valence-corrected chi connectivity index (χ2v) is 9.20. The van der Waals surface area contributed by atoms with E-state index in [9.17, 15) is 14.7 Å². The van der Waals surface area contributed by atoms with Crippen LogP contribution in [0.5, 0.6) is 5.75 Å². The van der Waals surface area contributed by atoms with Gasteiger partial charge in [-0.2, -0.15) is 0 Å². The predicted molar refractivity (Wildman–Crippen MR) is 137 cm³/mol. The minimum atomic E-state index is -0.770. The van der Waals surface area contributed by atoms with Gasteiger partial charge in [-0.3, -0.25) is 14.5 Å². The van der Waals surface area contributed by atoms with Crippen LogP contribution >= 0.6 is 0 Å². The molecule has 1 aliphatic carbocycles. The molecule has 178 valence electrons. The van der Waals surface area contributed by atoms with Crippen LogP contribution in [0.3, 0.4) is 0 Å². The van der Waals surface area contributed by atoms with Crippen molar-refractivity contribution in [3.05, 3.63) is 100 Å². The third kappa shape index (κ3) is 4.23. The van der Waals surface area contributed by atoms with Crippen molar-refractivity contribution in [2.75, 3.05) is 11.5 Å². The minimum absolute atomic E-state index is 0.0981. The number of hydrogen-bond acceptors (Lipinski definition) is 4. The van der Waals surface area contributed by atoms with Crippen molar-refractivity contribution in [2.45, 2.75) is 45.6 Å². The Hall–Kier alpha value is -3.86. The molecule has 1 amide bonds. The minimum Gasteiger partial charge on any atom is -0.507 e. The molecular weight excluding hydrogens is 438 g/mol. The number of ketones is 1. The van der Waals surface area contributed by atoms with Gasteiger partial charge in [0.1, 0.15) is 11.5 Å². The van der Waals surface area contributed by atoms with Gasteiger partial charge in [-0.05, 0) is 92.1 Å². The van der Waals surface area contributed by atoms with Crippen LogP contribution in [-0.4, -0.2) is 23.4 Å². The van der Waals surface area contributed by atoms with Gasteiger partial charge in [0.05, 0.1) is 18.2 Å². The van der Waals surface area contributed by atoms with E-state index >= 15 is 0 Å². The van der Waals surface area contributed by atoms with Crippen LogP contribution in [0.15, 0.2) is 72.3 Å². The molecule has 1 unspecified atom stereocenters. The number of aryl methyl sites for hydroxylation is 3. The van der Waals surface area contributed by atoms with E-state index in [0.717, 1.165) is 31.2 Å². The summed E-state index contributed by atoms with van der Waals surface area (Å²) in [7, 11) is 0. The maximum absolute atomic E-state index is 13.4. The Morgan fingerprint density at radius 3 is 2.51 bits per heavy atom. The van der Waals surface area contributed by atoms with E-state index in [-0.39, 0.29) is 11.3 Å². The van der Waals surface area contributed by atoms with Gasteiger partial charge in [0, 0.05) is 11.3 Å². The van der Waals surface area contributed by atoms with Crippen molar-refractivity contribution < 1.29 is 19.4 Å². The fourth-order valence-corrected chi connectivity index (χ4v) is 5.17. The number of Topliss-reactive ketones (excluding diaryl/α,β-unsaturated/α-hetero) is 1. The van der Waals surface area contributed by atoms with E-state index in [4.69, 9.17) is 4.74 Å². The van der Waals surface area contributed by atoms with E-state index in [1.807, 2.05) is 80.6 Å². The van der Waals surface area contributed by atoms with Crippen LogP contribution in [0.1, 0.15) is 53.6 Å². The third-order valence-electron chi connectivity index (χ3n) is 6.83. The first-order chi connectivity index (χ1) is 17.0. The summed E-state index contributed by atoms with van der Waals surface area (Å²) in [5.41, 5.74) is 5.44. The van der Waals surface area contributed by atoms with Crippen molar-refractivity contribution in [2.24, 2.45) is 0 Å². The molecule has 35 heavy (non-hydrogen) atoms. The van der Waals surface area contributed by atoms with Crippen LogP contribution in [-0.2, 0) is 22.4 Å². The monoisotopic (exact) mass is 467 g/mol. The van der Waals surface area contributed by atoms with Gasteiger partial charge >= 0.3 is 0 Å². The summed E-state index contributed by atoms with van der Waals surface area (Å²) >= 11 is 0. The Bertz CT molecular complexity index is 1340. The molecule has 3 aromatic rings. The lowest BCUT2D eigenvalue weighted by Gasteiger charge is -2.26. The fraction of sp³-hybridized carbons (Fsp3) is 0.267. The van der Waals surface area contributed by atoms with Gasteiger partial charge in [0.15, 0.2) is 0 Å². The maximum Gasteiger partial charge on any atom is 0.300 e. The molecule has 0 radical (unpaired) electrons. The lowest BCUT2D eigenvalue weighted by atomic mass is 9.88. The molecular formula is C30H29NO4. The first-order valence-electron chi connectivity index (χ1n) is 12.2. The molecule has 1 atom stereocenters. The summed E-state index contributed by atoms with van der Waals surface area (Å²) in [5.74, 6) is -0.831. The highest BCUT2D eigenvalue weighted by Gasteiger charge is 2.47. The van der Waals surface area contributed by atoms with E-state index < -0.39 is 17.7 Å². The number of carbonyl (C=O) groups excluding carboxylic acids is 2. The van der Waals surface area contributed by atoms with Crippen molar-refractivity contribution in [3.8, 4) is 5.75 Å². The van der Waals surface area contributed by atoms with Crippen LogP contribution < -0.4 is 9.64 Å². The SMILES string of the molecule is CCOc1cccc(C2/C(=C(/O)c3ccc4c(c3)CCCC4)C(=O)C(=O)N2c2cccc(C)c2)c1. The van der Waals surface area contributed by atoms with Crippen molar-refractivity contribution in [1.29, 1.82) is 0 Å². The molecule has 0 aromatic heterocycles. The Morgan fingerprint density at radius 2 is 1.74 bits per heavy atom. The Kier molecular flexibility index (Phi) is 6.16. The number of aliphatic hydroxyl groups is 1. The molecule has 0 spiro atoms. The third-order valence-corrected chi connectivity index (χ3v) is 6.83. The van der Waals surface area contributed by atoms with Gasteiger partial charge < -0.3 is 9.84 Å². The van der Waals surface area contributed by atoms with Gasteiger partial charge in [0.25, 0.3) is 11.7 Å². The number of fused-ring (bicyclic) bond motifs is 1. The van der Waals surface area contributed by atoms with Crippen LogP contribution in [0.4, 0.5) is 5.69 Å². The first kappa shape index (κ1) is 22.9. The topological polar surface area (TPSA) is 66.8 Å². The number of benzene rings is 3. The maximum atomic E-state index is 13.4. The number of carbonyl (C=O) groups is 2. The number of hydrogen-bond donors (Lipinski definition) is 1. The molecule has 0 bridgehead atoms. The van der Waals surface area contributed by atoms with E-state index in [1.54, 1.807) is 0 Å². The van der Waals surface area contributed by atoms with E-state index in [0.29, 0.717) is 29.2 Å². The summed E-state index contributed by atoms with van der Waals surface area (Å²) in [6.07, 6.45) is 4.25. The highest BCUT2D eigenvalue weighted by molar-refractivity contribution is 6.51. The Balaban J connectivity index is 1.69. The summed E-state index contributed by atoms with van der Waals surface area (Å²) in [6.45, 7) is 4.34.